The third-order valence-corrected chi connectivity index (χ3v) is 6.88. The molecule has 0 saturated heterocycles. The van der Waals surface area contributed by atoms with E-state index in [1.165, 1.54) is 19.3 Å². The zero-order chi connectivity index (χ0) is 22.7. The van der Waals surface area contributed by atoms with Crippen molar-refractivity contribution in [3.05, 3.63) is 35.0 Å². The van der Waals surface area contributed by atoms with E-state index < -0.39 is 11.9 Å². The summed E-state index contributed by atoms with van der Waals surface area (Å²) < 4.78 is 50.8. The van der Waals surface area contributed by atoms with E-state index >= 15 is 0 Å². The second-order valence-electron chi connectivity index (χ2n) is 7.92. The predicted molar refractivity (Wildman–Crippen MR) is 118 cm³/mol. The largest absolute Gasteiger partial charge is 0.485 e. The summed E-state index contributed by atoms with van der Waals surface area (Å²) in [7, 11) is 0. The van der Waals surface area contributed by atoms with Crippen LogP contribution in [-0.4, -0.2) is 28.4 Å². The summed E-state index contributed by atoms with van der Waals surface area (Å²) in [5.74, 6) is 2.11. The van der Waals surface area contributed by atoms with Gasteiger partial charge in [-0.1, -0.05) is 39.5 Å². The number of unbranched alkanes of at least 4 members (excludes halogenated alkanes) is 1. The maximum Gasteiger partial charge on any atom is 0.432 e. The Hall–Kier alpha value is -2.55. The Bertz CT molecular complexity index is 1060. The van der Waals surface area contributed by atoms with E-state index in [0.717, 1.165) is 45.7 Å². The highest BCUT2D eigenvalue weighted by molar-refractivity contribution is 7.16. The predicted octanol–water partition coefficient (Wildman–Crippen LogP) is 6.75. The summed E-state index contributed by atoms with van der Waals surface area (Å²) in [5, 5.41) is 5.84. The molecule has 1 aliphatic rings. The number of halogens is 3. The molecule has 1 N–H and O–H groups in total. The second-order valence-corrected chi connectivity index (χ2v) is 9.03. The molecule has 32 heavy (non-hydrogen) atoms. The maximum absolute atomic E-state index is 12.9. The monoisotopic (exact) mass is 465 g/mol. The van der Waals surface area contributed by atoms with Crippen LogP contribution in [0.3, 0.4) is 0 Å². The zero-order valence-corrected chi connectivity index (χ0v) is 18.9. The van der Waals surface area contributed by atoms with Crippen LogP contribution in [0.2, 0.25) is 0 Å². The lowest BCUT2D eigenvalue weighted by Gasteiger charge is -2.19. The highest BCUT2D eigenvalue weighted by Crippen LogP contribution is 2.50. The summed E-state index contributed by atoms with van der Waals surface area (Å²) >= 11 is 1.63. The molecular formula is C23H26F3N3O2S. The molecule has 3 aromatic rings. The lowest BCUT2D eigenvalue weighted by molar-refractivity contribution is -0.141. The molecule has 5 nitrogen and oxygen atoms in total. The van der Waals surface area contributed by atoms with Crippen molar-refractivity contribution in [2.75, 3.05) is 13.2 Å². The molecular weight excluding hydrogens is 439 g/mol. The zero-order valence-electron chi connectivity index (χ0n) is 18.1. The molecule has 4 rings (SSSR count). The van der Waals surface area contributed by atoms with Crippen molar-refractivity contribution in [3.8, 4) is 33.3 Å². The first-order valence-corrected chi connectivity index (χ1v) is 11.7. The van der Waals surface area contributed by atoms with Crippen molar-refractivity contribution < 1.29 is 22.6 Å². The van der Waals surface area contributed by atoms with Crippen molar-refractivity contribution in [2.24, 2.45) is 5.92 Å². The Kier molecular flexibility index (Phi) is 6.74. The number of nitrogens with zero attached hydrogens (tertiary/aromatic N) is 2. The van der Waals surface area contributed by atoms with Crippen LogP contribution in [0.15, 0.2) is 24.4 Å². The molecule has 172 valence electrons. The standard InChI is InChI=1S/C23H26F3N3O2S/c1-3-5-6-14(4-2)11-18-20-21(31-10-9-30-20)22(32-18)15-7-8-27-16(12-15)17-13-19(29-28-17)23(24,25)26/h7-8,12-14H,3-6,9-11H2,1-2H3,(H,28,29). The minimum atomic E-state index is -4.48. The van der Waals surface area contributed by atoms with E-state index in [4.69, 9.17) is 9.47 Å². The van der Waals surface area contributed by atoms with Crippen LogP contribution in [0.4, 0.5) is 13.2 Å². The van der Waals surface area contributed by atoms with E-state index in [9.17, 15) is 13.2 Å². The minimum absolute atomic E-state index is 0.146. The number of aromatic nitrogens is 3. The van der Waals surface area contributed by atoms with Crippen LogP contribution >= 0.6 is 11.3 Å². The first-order valence-electron chi connectivity index (χ1n) is 10.9. The van der Waals surface area contributed by atoms with Gasteiger partial charge in [0.15, 0.2) is 11.5 Å². The Morgan fingerprint density at radius 1 is 1.12 bits per heavy atom. The van der Waals surface area contributed by atoms with Gasteiger partial charge in [0.05, 0.1) is 15.4 Å². The number of H-pyrrole nitrogens is 1. The van der Waals surface area contributed by atoms with Crippen LogP contribution in [0, 0.1) is 5.92 Å². The quantitative estimate of drug-likeness (QED) is 0.400. The summed E-state index contributed by atoms with van der Waals surface area (Å²) in [6.07, 6.45) is 2.68. The molecule has 0 saturated carbocycles. The smallest absolute Gasteiger partial charge is 0.432 e. The van der Waals surface area contributed by atoms with Gasteiger partial charge in [-0.15, -0.1) is 11.3 Å². The van der Waals surface area contributed by atoms with Crippen molar-refractivity contribution in [1.82, 2.24) is 15.2 Å². The molecule has 9 heteroatoms. The van der Waals surface area contributed by atoms with E-state index in [0.29, 0.717) is 24.8 Å². The Morgan fingerprint density at radius 3 is 2.59 bits per heavy atom. The molecule has 0 fully saturated rings. The number of hydrogen-bond acceptors (Lipinski definition) is 5. The number of rotatable bonds is 8. The van der Waals surface area contributed by atoms with E-state index in [1.807, 2.05) is 11.2 Å². The van der Waals surface area contributed by atoms with E-state index in [-0.39, 0.29) is 5.69 Å². The van der Waals surface area contributed by atoms with E-state index in [1.54, 1.807) is 23.6 Å². The van der Waals surface area contributed by atoms with Crippen LogP contribution < -0.4 is 9.47 Å². The summed E-state index contributed by atoms with van der Waals surface area (Å²) in [4.78, 5) is 6.30. The number of aromatic amines is 1. The average Bonchev–Trinajstić information content (AvgIpc) is 3.43. The molecule has 1 atom stereocenters. The highest BCUT2D eigenvalue weighted by Gasteiger charge is 2.33. The first-order chi connectivity index (χ1) is 15.4. The number of nitrogens with one attached hydrogen (secondary N) is 1. The first kappa shape index (κ1) is 22.6. The van der Waals surface area contributed by atoms with Gasteiger partial charge < -0.3 is 9.47 Å². The number of thiophene rings is 1. The number of pyridine rings is 1. The van der Waals surface area contributed by atoms with Gasteiger partial charge in [-0.3, -0.25) is 10.1 Å². The fourth-order valence-corrected chi connectivity index (χ4v) is 5.15. The van der Waals surface area contributed by atoms with Gasteiger partial charge in [-0.2, -0.15) is 18.3 Å². The summed E-state index contributed by atoms with van der Waals surface area (Å²) in [5.41, 5.74) is 0.438. The number of alkyl halides is 3. The number of hydrogen-bond donors (Lipinski definition) is 1. The van der Waals surface area contributed by atoms with Gasteiger partial charge in [0.1, 0.15) is 24.6 Å². The Morgan fingerprint density at radius 2 is 1.91 bits per heavy atom. The molecule has 0 spiro atoms. The highest BCUT2D eigenvalue weighted by atomic mass is 32.1. The molecule has 1 aliphatic heterocycles. The average molecular weight is 466 g/mol. The molecule has 0 aromatic carbocycles. The van der Waals surface area contributed by atoms with Crippen LogP contribution in [0.5, 0.6) is 11.5 Å². The fourth-order valence-electron chi connectivity index (χ4n) is 3.85. The lowest BCUT2D eigenvalue weighted by atomic mass is 9.95. The summed E-state index contributed by atoms with van der Waals surface area (Å²) in [6.45, 7) is 5.40. The van der Waals surface area contributed by atoms with Crippen molar-refractivity contribution in [3.63, 3.8) is 0 Å². The number of fused-ring (bicyclic) bond motifs is 1. The van der Waals surface area contributed by atoms with Gasteiger partial charge in [-0.25, -0.2) is 0 Å². The molecule has 1 unspecified atom stereocenters. The van der Waals surface area contributed by atoms with Crippen molar-refractivity contribution >= 4 is 11.3 Å². The molecule has 0 aliphatic carbocycles. The lowest BCUT2D eigenvalue weighted by Crippen LogP contribution is -2.15. The van der Waals surface area contributed by atoms with Crippen LogP contribution in [-0.2, 0) is 12.6 Å². The third-order valence-electron chi connectivity index (χ3n) is 5.65. The fraction of sp³-hybridized carbons (Fsp3) is 0.478. The van der Waals surface area contributed by atoms with Gasteiger partial charge in [0.25, 0.3) is 0 Å². The maximum atomic E-state index is 12.9. The van der Waals surface area contributed by atoms with Crippen LogP contribution in [0.25, 0.3) is 21.8 Å². The molecule has 0 amide bonds. The molecule has 0 bridgehead atoms. The number of ether oxygens (including phenoxy) is 2. The van der Waals surface area contributed by atoms with Crippen molar-refractivity contribution in [1.29, 1.82) is 0 Å². The minimum Gasteiger partial charge on any atom is -0.485 e. The second kappa shape index (κ2) is 9.52. The third kappa shape index (κ3) is 4.77. The van der Waals surface area contributed by atoms with Gasteiger partial charge in [0.2, 0.25) is 0 Å². The molecule has 4 heterocycles. The molecule has 0 radical (unpaired) electrons. The Balaban J connectivity index is 1.67. The normalized spacial score (nSPS) is 14.5. The van der Waals surface area contributed by atoms with Gasteiger partial charge >= 0.3 is 6.18 Å². The Labute approximate surface area is 189 Å². The van der Waals surface area contributed by atoms with Gasteiger partial charge in [-0.05, 0) is 36.1 Å². The van der Waals surface area contributed by atoms with Crippen molar-refractivity contribution in [2.45, 2.75) is 52.1 Å². The molecule has 3 aromatic heterocycles. The van der Waals surface area contributed by atoms with Crippen LogP contribution in [0.1, 0.15) is 50.1 Å². The SMILES string of the molecule is CCCCC(CC)Cc1sc(-c2ccnc(-c3cc(C(F)(F)F)[nH]n3)c2)c2c1OCCO2. The van der Waals surface area contributed by atoms with Gasteiger partial charge in [0, 0.05) is 6.20 Å². The van der Waals surface area contributed by atoms with E-state index in [2.05, 4.69) is 23.9 Å². The topological polar surface area (TPSA) is 60.0 Å². The summed E-state index contributed by atoms with van der Waals surface area (Å²) in [6, 6.07) is 4.56.